The van der Waals surface area contributed by atoms with Crippen molar-refractivity contribution >= 4 is 34.3 Å². The Morgan fingerprint density at radius 2 is 2.00 bits per heavy atom. The van der Waals surface area contributed by atoms with E-state index >= 15 is 0 Å². The molecule has 5 heteroatoms. The Bertz CT molecular complexity index is 688. The highest BCUT2D eigenvalue weighted by Gasteiger charge is 2.37. The van der Waals surface area contributed by atoms with E-state index in [1.807, 2.05) is 24.4 Å². The van der Waals surface area contributed by atoms with Crippen LogP contribution >= 0.6 is 11.6 Å². The summed E-state index contributed by atoms with van der Waals surface area (Å²) >= 11 is 5.99. The van der Waals surface area contributed by atoms with Gasteiger partial charge in [-0.2, -0.15) is 0 Å². The van der Waals surface area contributed by atoms with Crippen molar-refractivity contribution < 1.29 is 14.3 Å². The summed E-state index contributed by atoms with van der Waals surface area (Å²) in [6.45, 7) is 5.27. The van der Waals surface area contributed by atoms with E-state index in [9.17, 15) is 9.59 Å². The summed E-state index contributed by atoms with van der Waals surface area (Å²) in [6.07, 6.45) is 1.82. The summed E-state index contributed by atoms with van der Waals surface area (Å²) in [4.78, 5) is 24.3. The molecule has 0 aliphatic heterocycles. The van der Waals surface area contributed by atoms with Gasteiger partial charge in [0.25, 0.3) is 0 Å². The normalized spacial score (nSPS) is 11.6. The van der Waals surface area contributed by atoms with E-state index in [0.717, 1.165) is 10.9 Å². The third-order valence-electron chi connectivity index (χ3n) is 3.53. The minimum atomic E-state index is -1.16. The summed E-state index contributed by atoms with van der Waals surface area (Å²) in [6, 6.07) is 7.42. The van der Waals surface area contributed by atoms with Gasteiger partial charge in [0.2, 0.25) is 0 Å². The number of hydrogen-bond acceptors (Lipinski definition) is 3. The number of nitrogens with zero attached hydrogens (tertiary/aromatic N) is 1. The number of halogens is 1. The molecule has 0 atom stereocenters. The molecule has 1 aromatic heterocycles. The first-order valence-electron chi connectivity index (χ1n) is 6.81. The van der Waals surface area contributed by atoms with E-state index in [1.165, 1.54) is 0 Å². The number of aromatic nitrogens is 1. The molecule has 21 heavy (non-hydrogen) atoms. The second-order valence-corrected chi connectivity index (χ2v) is 5.85. The van der Waals surface area contributed by atoms with Crippen molar-refractivity contribution in [2.45, 2.75) is 27.3 Å². The molecular weight excluding hydrogens is 290 g/mol. The Morgan fingerprint density at radius 3 is 2.67 bits per heavy atom. The van der Waals surface area contributed by atoms with Crippen LogP contribution < -0.4 is 0 Å². The Labute approximate surface area is 128 Å². The molecule has 0 fully saturated rings. The number of ether oxygens (including phenoxy) is 1. The van der Waals surface area contributed by atoms with Crippen molar-refractivity contribution in [3.05, 3.63) is 35.5 Å². The lowest BCUT2D eigenvalue weighted by Gasteiger charge is -2.21. The SMILES string of the molecule is CCOC(=O)C(C)(C)C(=O)Cn1ccc2ccc(Cl)cc21. The number of benzene rings is 1. The van der Waals surface area contributed by atoms with Gasteiger partial charge in [-0.1, -0.05) is 17.7 Å². The highest BCUT2D eigenvalue weighted by molar-refractivity contribution is 6.31. The topological polar surface area (TPSA) is 48.3 Å². The van der Waals surface area contributed by atoms with Crippen molar-refractivity contribution in [1.82, 2.24) is 4.57 Å². The van der Waals surface area contributed by atoms with Crippen LogP contribution in [0.5, 0.6) is 0 Å². The average molecular weight is 308 g/mol. The Morgan fingerprint density at radius 1 is 1.29 bits per heavy atom. The highest BCUT2D eigenvalue weighted by atomic mass is 35.5. The molecule has 1 heterocycles. The van der Waals surface area contributed by atoms with Crippen LogP contribution in [0.1, 0.15) is 20.8 Å². The van der Waals surface area contributed by atoms with E-state index in [4.69, 9.17) is 16.3 Å². The van der Waals surface area contributed by atoms with E-state index in [-0.39, 0.29) is 18.9 Å². The van der Waals surface area contributed by atoms with Gasteiger partial charge >= 0.3 is 5.97 Å². The molecule has 0 amide bonds. The van der Waals surface area contributed by atoms with Gasteiger partial charge in [-0.25, -0.2) is 0 Å². The number of esters is 1. The quantitative estimate of drug-likeness (QED) is 0.628. The maximum atomic E-state index is 12.4. The summed E-state index contributed by atoms with van der Waals surface area (Å²) in [7, 11) is 0. The van der Waals surface area contributed by atoms with E-state index < -0.39 is 11.4 Å². The Hall–Kier alpha value is -1.81. The molecule has 0 saturated carbocycles. The van der Waals surface area contributed by atoms with E-state index in [1.54, 1.807) is 31.4 Å². The van der Waals surface area contributed by atoms with Gasteiger partial charge < -0.3 is 9.30 Å². The van der Waals surface area contributed by atoms with Gasteiger partial charge in [-0.15, -0.1) is 0 Å². The van der Waals surface area contributed by atoms with Crippen molar-refractivity contribution in [1.29, 1.82) is 0 Å². The minimum absolute atomic E-state index is 0.107. The van der Waals surface area contributed by atoms with Gasteiger partial charge in [0.15, 0.2) is 5.78 Å². The van der Waals surface area contributed by atoms with Crippen LogP contribution in [0.15, 0.2) is 30.5 Å². The molecule has 4 nitrogen and oxygen atoms in total. The molecule has 112 valence electrons. The molecule has 0 saturated heterocycles. The molecule has 0 bridgehead atoms. The Balaban J connectivity index is 2.25. The molecule has 0 aliphatic rings. The standard InChI is InChI=1S/C16H18ClNO3/c1-4-21-15(20)16(2,3)14(19)10-18-8-7-11-5-6-12(17)9-13(11)18/h5-9H,4,10H2,1-3H3. The highest BCUT2D eigenvalue weighted by Crippen LogP contribution is 2.24. The van der Waals surface area contributed by atoms with Gasteiger partial charge in [-0.3, -0.25) is 9.59 Å². The molecular formula is C16H18ClNO3. The number of ketones is 1. The van der Waals surface area contributed by atoms with Crippen LogP contribution in [0, 0.1) is 5.41 Å². The van der Waals surface area contributed by atoms with Crippen LogP contribution in [0.2, 0.25) is 5.02 Å². The van der Waals surface area contributed by atoms with Crippen LogP contribution in [0.25, 0.3) is 10.9 Å². The fourth-order valence-corrected chi connectivity index (χ4v) is 2.24. The maximum absolute atomic E-state index is 12.4. The monoisotopic (exact) mass is 307 g/mol. The summed E-state index contributed by atoms with van der Waals surface area (Å²) in [5.41, 5.74) is -0.291. The predicted octanol–water partition coefficient (Wildman–Crippen LogP) is 3.45. The number of rotatable bonds is 5. The fourth-order valence-electron chi connectivity index (χ4n) is 2.07. The summed E-state index contributed by atoms with van der Waals surface area (Å²) < 4.78 is 6.76. The minimum Gasteiger partial charge on any atom is -0.465 e. The van der Waals surface area contributed by atoms with E-state index in [2.05, 4.69) is 0 Å². The zero-order valence-corrected chi connectivity index (χ0v) is 13.1. The number of fused-ring (bicyclic) bond motifs is 1. The maximum Gasteiger partial charge on any atom is 0.319 e. The molecule has 0 unspecified atom stereocenters. The van der Waals surface area contributed by atoms with Gasteiger partial charge in [0.1, 0.15) is 5.41 Å². The lowest BCUT2D eigenvalue weighted by Crippen LogP contribution is -2.37. The average Bonchev–Trinajstić information content (AvgIpc) is 2.81. The van der Waals surface area contributed by atoms with Crippen LogP contribution in [-0.4, -0.2) is 22.9 Å². The molecule has 0 aliphatic carbocycles. The first-order valence-corrected chi connectivity index (χ1v) is 7.19. The largest absolute Gasteiger partial charge is 0.465 e. The zero-order valence-electron chi connectivity index (χ0n) is 12.4. The third-order valence-corrected chi connectivity index (χ3v) is 3.77. The first-order chi connectivity index (χ1) is 9.86. The molecule has 0 radical (unpaired) electrons. The van der Waals surface area contributed by atoms with Gasteiger partial charge in [-0.05, 0) is 44.4 Å². The number of carbonyl (C=O) groups excluding carboxylic acids is 2. The molecule has 1 aromatic carbocycles. The third kappa shape index (κ3) is 3.10. The Kier molecular flexibility index (Phi) is 4.37. The first kappa shape index (κ1) is 15.6. The molecule has 2 aromatic rings. The van der Waals surface area contributed by atoms with Crippen molar-refractivity contribution in [2.24, 2.45) is 5.41 Å². The smallest absolute Gasteiger partial charge is 0.319 e. The van der Waals surface area contributed by atoms with Crippen molar-refractivity contribution in [3.8, 4) is 0 Å². The van der Waals surface area contributed by atoms with E-state index in [0.29, 0.717) is 5.02 Å². The van der Waals surface area contributed by atoms with Crippen molar-refractivity contribution in [2.75, 3.05) is 6.61 Å². The van der Waals surface area contributed by atoms with Crippen LogP contribution in [0.4, 0.5) is 0 Å². The van der Waals surface area contributed by atoms with Crippen LogP contribution in [-0.2, 0) is 20.9 Å². The fraction of sp³-hybridized carbons (Fsp3) is 0.375. The second-order valence-electron chi connectivity index (χ2n) is 5.42. The number of hydrogen-bond donors (Lipinski definition) is 0. The second kappa shape index (κ2) is 5.90. The molecule has 0 spiro atoms. The number of Topliss-reactive ketones (excluding diaryl/α,β-unsaturated/α-hetero) is 1. The van der Waals surface area contributed by atoms with Crippen LogP contribution in [0.3, 0.4) is 0 Å². The van der Waals surface area contributed by atoms with Crippen molar-refractivity contribution in [3.63, 3.8) is 0 Å². The van der Waals surface area contributed by atoms with Gasteiger partial charge in [0, 0.05) is 16.7 Å². The lowest BCUT2D eigenvalue weighted by atomic mass is 9.88. The van der Waals surface area contributed by atoms with Gasteiger partial charge in [0.05, 0.1) is 13.2 Å². The predicted molar refractivity (Wildman–Crippen MR) is 82.4 cm³/mol. The summed E-state index contributed by atoms with van der Waals surface area (Å²) in [5, 5.41) is 1.61. The summed E-state index contributed by atoms with van der Waals surface area (Å²) in [5.74, 6) is -0.692. The molecule has 0 N–H and O–H groups in total. The zero-order chi connectivity index (χ0) is 15.6. The molecule has 2 rings (SSSR count). The number of carbonyl (C=O) groups is 2. The lowest BCUT2D eigenvalue weighted by molar-refractivity contribution is -0.158.